The molecule has 0 spiro atoms. The lowest BCUT2D eigenvalue weighted by Crippen LogP contribution is -2.17. The molecular weight excluding hydrogens is 369 g/mol. The summed E-state index contributed by atoms with van der Waals surface area (Å²) in [4.78, 5) is 27.3. The van der Waals surface area contributed by atoms with Gasteiger partial charge in [0, 0.05) is 17.7 Å². The molecule has 0 aliphatic rings. The van der Waals surface area contributed by atoms with Gasteiger partial charge in [-0.2, -0.15) is 0 Å². The zero-order valence-electron chi connectivity index (χ0n) is 16.8. The Morgan fingerprint density at radius 1 is 1.10 bits per heavy atom. The van der Waals surface area contributed by atoms with Crippen molar-refractivity contribution in [2.75, 3.05) is 0 Å². The zero-order valence-corrected chi connectivity index (χ0v) is 16.8. The molecule has 0 saturated carbocycles. The molecule has 2 aromatic carbocycles. The highest BCUT2D eigenvalue weighted by Crippen LogP contribution is 2.23. The van der Waals surface area contributed by atoms with Gasteiger partial charge in [0.15, 0.2) is 5.78 Å². The van der Waals surface area contributed by atoms with Crippen LogP contribution in [0.25, 0.3) is 0 Å². The minimum absolute atomic E-state index is 0.0295. The van der Waals surface area contributed by atoms with E-state index in [0.29, 0.717) is 16.9 Å². The van der Waals surface area contributed by atoms with Crippen LogP contribution in [-0.2, 0) is 6.42 Å². The maximum atomic E-state index is 14.6. The van der Waals surface area contributed by atoms with Gasteiger partial charge in [0.2, 0.25) is 0 Å². The Bertz CT molecular complexity index is 1070. The third-order valence-electron chi connectivity index (χ3n) is 4.91. The maximum Gasteiger partial charge on any atom is 0.251 e. The normalized spacial score (nSPS) is 11.9. The van der Waals surface area contributed by atoms with Gasteiger partial charge in [0.1, 0.15) is 17.7 Å². The lowest BCUT2D eigenvalue weighted by Gasteiger charge is -2.16. The SMILES string of the molecule is Cc1cc(C)c(CCC(=O)c2ccc([C@H](C)Oc3ccccc3)cc2F)c(=O)[nH]1. The molecule has 5 heteroatoms. The first-order valence-electron chi connectivity index (χ1n) is 9.59. The van der Waals surface area contributed by atoms with Crippen molar-refractivity contribution in [1.82, 2.24) is 4.98 Å². The number of Topliss-reactive ketones (excluding diaryl/α,β-unsaturated/α-hetero) is 1. The summed E-state index contributed by atoms with van der Waals surface area (Å²) in [5, 5.41) is 0. The number of para-hydroxylation sites is 1. The second-order valence-corrected chi connectivity index (χ2v) is 7.18. The Morgan fingerprint density at radius 3 is 2.48 bits per heavy atom. The number of carbonyl (C=O) groups is 1. The van der Waals surface area contributed by atoms with Crippen LogP contribution in [0.1, 0.15) is 52.2 Å². The predicted molar refractivity (Wildman–Crippen MR) is 111 cm³/mol. The van der Waals surface area contributed by atoms with E-state index in [0.717, 1.165) is 11.3 Å². The van der Waals surface area contributed by atoms with Gasteiger partial charge >= 0.3 is 0 Å². The molecule has 1 atom stereocenters. The Labute approximate surface area is 169 Å². The standard InChI is InChI=1S/C24H24FNO3/c1-15-13-16(2)26-24(28)20(15)11-12-23(27)21-10-9-18(14-22(21)25)17(3)29-19-7-5-4-6-8-19/h4-10,13-14,17H,11-12H2,1-3H3,(H,26,28)/t17-/m0/s1. The molecule has 29 heavy (non-hydrogen) atoms. The number of rotatable bonds is 7. The monoisotopic (exact) mass is 393 g/mol. The highest BCUT2D eigenvalue weighted by Gasteiger charge is 2.16. The minimum atomic E-state index is -0.578. The van der Waals surface area contributed by atoms with E-state index >= 15 is 0 Å². The largest absolute Gasteiger partial charge is 0.486 e. The molecule has 0 fully saturated rings. The highest BCUT2D eigenvalue weighted by molar-refractivity contribution is 5.96. The van der Waals surface area contributed by atoms with Crippen molar-refractivity contribution in [3.8, 4) is 5.75 Å². The fraction of sp³-hybridized carbons (Fsp3) is 0.250. The summed E-state index contributed by atoms with van der Waals surface area (Å²) in [6.07, 6.45) is -0.0151. The van der Waals surface area contributed by atoms with Gasteiger partial charge in [0.05, 0.1) is 5.56 Å². The summed E-state index contributed by atoms with van der Waals surface area (Å²) < 4.78 is 20.4. The molecule has 0 radical (unpaired) electrons. The van der Waals surface area contributed by atoms with Crippen molar-refractivity contribution in [3.05, 3.63) is 98.7 Å². The van der Waals surface area contributed by atoms with E-state index in [4.69, 9.17) is 4.74 Å². The summed E-state index contributed by atoms with van der Waals surface area (Å²) in [5.41, 5.74) is 2.65. The van der Waals surface area contributed by atoms with E-state index in [1.807, 2.05) is 57.2 Å². The van der Waals surface area contributed by atoms with Crippen molar-refractivity contribution >= 4 is 5.78 Å². The molecule has 1 N–H and O–H groups in total. The predicted octanol–water partition coefficient (Wildman–Crippen LogP) is 5.09. The fourth-order valence-corrected chi connectivity index (χ4v) is 3.35. The number of aryl methyl sites for hydroxylation is 2. The number of pyridine rings is 1. The van der Waals surface area contributed by atoms with E-state index in [-0.39, 0.29) is 35.9 Å². The molecule has 0 amide bonds. The summed E-state index contributed by atoms with van der Waals surface area (Å²) >= 11 is 0. The third-order valence-corrected chi connectivity index (χ3v) is 4.91. The molecular formula is C24H24FNO3. The van der Waals surface area contributed by atoms with Gasteiger partial charge in [-0.25, -0.2) is 4.39 Å². The van der Waals surface area contributed by atoms with Crippen molar-refractivity contribution in [2.45, 2.75) is 39.7 Å². The lowest BCUT2D eigenvalue weighted by molar-refractivity contribution is 0.0978. The number of benzene rings is 2. The number of ether oxygens (including phenoxy) is 1. The van der Waals surface area contributed by atoms with E-state index < -0.39 is 5.82 Å². The topological polar surface area (TPSA) is 59.2 Å². The van der Waals surface area contributed by atoms with Crippen LogP contribution in [0.4, 0.5) is 4.39 Å². The number of ketones is 1. The van der Waals surface area contributed by atoms with Crippen LogP contribution < -0.4 is 10.3 Å². The summed E-state index contributed by atoms with van der Waals surface area (Å²) in [6, 6.07) is 15.7. The molecule has 150 valence electrons. The molecule has 0 saturated heterocycles. The minimum Gasteiger partial charge on any atom is -0.486 e. The molecule has 0 unspecified atom stereocenters. The van der Waals surface area contributed by atoms with Gasteiger partial charge in [-0.05, 0) is 68.7 Å². The summed E-state index contributed by atoms with van der Waals surface area (Å²) in [6.45, 7) is 5.48. The first-order valence-corrected chi connectivity index (χ1v) is 9.59. The zero-order chi connectivity index (χ0) is 21.0. The number of hydrogen-bond donors (Lipinski definition) is 1. The van der Waals surface area contributed by atoms with Crippen LogP contribution in [0.15, 0.2) is 59.4 Å². The van der Waals surface area contributed by atoms with Crippen molar-refractivity contribution in [2.24, 2.45) is 0 Å². The molecule has 4 nitrogen and oxygen atoms in total. The van der Waals surface area contributed by atoms with Crippen LogP contribution in [0.3, 0.4) is 0 Å². The fourth-order valence-electron chi connectivity index (χ4n) is 3.35. The van der Waals surface area contributed by atoms with E-state index in [1.165, 1.54) is 12.1 Å². The van der Waals surface area contributed by atoms with E-state index in [2.05, 4.69) is 4.98 Å². The molecule has 3 rings (SSSR count). The number of halogens is 1. The van der Waals surface area contributed by atoms with Crippen molar-refractivity contribution in [3.63, 3.8) is 0 Å². The quantitative estimate of drug-likeness (QED) is 0.569. The Morgan fingerprint density at radius 2 is 1.83 bits per heavy atom. The second-order valence-electron chi connectivity index (χ2n) is 7.18. The molecule has 0 bridgehead atoms. The molecule has 0 aliphatic carbocycles. The van der Waals surface area contributed by atoms with Crippen molar-refractivity contribution in [1.29, 1.82) is 0 Å². The van der Waals surface area contributed by atoms with Gasteiger partial charge in [-0.1, -0.05) is 24.3 Å². The molecule has 1 heterocycles. The van der Waals surface area contributed by atoms with Crippen molar-refractivity contribution < 1.29 is 13.9 Å². The van der Waals surface area contributed by atoms with Gasteiger partial charge < -0.3 is 9.72 Å². The third kappa shape index (κ3) is 4.99. The van der Waals surface area contributed by atoms with Crippen LogP contribution in [0.5, 0.6) is 5.75 Å². The van der Waals surface area contributed by atoms with Crippen LogP contribution in [0.2, 0.25) is 0 Å². The van der Waals surface area contributed by atoms with Crippen LogP contribution >= 0.6 is 0 Å². The maximum absolute atomic E-state index is 14.6. The molecule has 1 aromatic heterocycles. The average molecular weight is 393 g/mol. The van der Waals surface area contributed by atoms with Crippen LogP contribution in [0, 0.1) is 19.7 Å². The Balaban J connectivity index is 1.70. The second kappa shape index (κ2) is 8.86. The number of hydrogen-bond acceptors (Lipinski definition) is 3. The van der Waals surface area contributed by atoms with E-state index in [1.54, 1.807) is 6.07 Å². The first-order chi connectivity index (χ1) is 13.8. The van der Waals surface area contributed by atoms with Crippen LogP contribution in [-0.4, -0.2) is 10.8 Å². The average Bonchev–Trinajstić information content (AvgIpc) is 2.67. The number of aromatic amines is 1. The Hall–Kier alpha value is -3.21. The number of carbonyl (C=O) groups excluding carboxylic acids is 1. The summed E-state index contributed by atoms with van der Waals surface area (Å²) in [5.74, 6) is -0.213. The summed E-state index contributed by atoms with van der Waals surface area (Å²) in [7, 11) is 0. The highest BCUT2D eigenvalue weighted by atomic mass is 19.1. The van der Waals surface area contributed by atoms with Gasteiger partial charge in [-0.15, -0.1) is 0 Å². The smallest absolute Gasteiger partial charge is 0.251 e. The van der Waals surface area contributed by atoms with Gasteiger partial charge in [0.25, 0.3) is 5.56 Å². The molecule has 0 aliphatic heterocycles. The number of H-pyrrole nitrogens is 1. The molecule has 3 aromatic rings. The van der Waals surface area contributed by atoms with Gasteiger partial charge in [-0.3, -0.25) is 9.59 Å². The Kier molecular flexibility index (Phi) is 6.27. The lowest BCUT2D eigenvalue weighted by atomic mass is 9.98. The number of nitrogens with one attached hydrogen (secondary N) is 1. The van der Waals surface area contributed by atoms with E-state index in [9.17, 15) is 14.0 Å². The first kappa shape index (κ1) is 20.5. The number of aromatic nitrogens is 1.